The van der Waals surface area contributed by atoms with Gasteiger partial charge in [-0.15, -0.1) is 0 Å². The van der Waals surface area contributed by atoms with E-state index in [1.54, 1.807) is 0 Å². The Bertz CT molecular complexity index is 171. The normalized spacial score (nSPS) is 8.67. The molecule has 0 saturated heterocycles. The van der Waals surface area contributed by atoms with Gasteiger partial charge in [-0.05, 0) is 6.92 Å². The van der Waals surface area contributed by atoms with Crippen molar-refractivity contribution >= 4 is 0 Å². The summed E-state index contributed by atoms with van der Waals surface area (Å²) in [6, 6.07) is 0. The summed E-state index contributed by atoms with van der Waals surface area (Å²) in [4.78, 5) is 7.22. The second kappa shape index (κ2) is 3.78. The Morgan fingerprint density at radius 2 is 2.33 bits per heavy atom. The van der Waals surface area contributed by atoms with Crippen molar-refractivity contribution in [3.05, 3.63) is 17.7 Å². The number of imidazole rings is 1. The zero-order valence-electron chi connectivity index (χ0n) is 5.94. The predicted molar refractivity (Wildman–Crippen MR) is 32.7 cm³/mol. The molecule has 46 valence electrons. The molecular weight excluding hydrogens is 165 g/mol. The van der Waals surface area contributed by atoms with Gasteiger partial charge in [0.25, 0.3) is 0 Å². The number of aryl methyl sites for hydroxylation is 2. The zero-order valence-corrected chi connectivity index (χ0v) is 8.91. The number of hydrogen-bond donors (Lipinski definition) is 1. The predicted octanol–water partition coefficient (Wildman–Crippen LogP) is 1.28. The largest absolute Gasteiger partial charge is 0.348 e. The van der Waals surface area contributed by atoms with Crippen LogP contribution in [0.25, 0.3) is 0 Å². The van der Waals surface area contributed by atoms with Gasteiger partial charge in [-0.3, -0.25) is 0 Å². The van der Waals surface area contributed by atoms with Crippen molar-refractivity contribution in [2.24, 2.45) is 0 Å². The van der Waals surface area contributed by atoms with Crippen LogP contribution in [-0.2, 0) is 25.9 Å². The van der Waals surface area contributed by atoms with Crippen molar-refractivity contribution in [2.45, 2.75) is 20.3 Å². The molecule has 9 heavy (non-hydrogen) atoms. The molecule has 0 atom stereocenters. The second-order valence-corrected chi connectivity index (χ2v) is 1.84. The first-order chi connectivity index (χ1) is 3.83. The van der Waals surface area contributed by atoms with E-state index in [9.17, 15) is 0 Å². The van der Waals surface area contributed by atoms with E-state index in [2.05, 4.69) is 16.9 Å². The van der Waals surface area contributed by atoms with Gasteiger partial charge in [0.05, 0.1) is 5.69 Å². The maximum atomic E-state index is 4.17. The first kappa shape index (κ1) is 8.83. The van der Waals surface area contributed by atoms with Gasteiger partial charge >= 0.3 is 0 Å². The molecule has 0 aliphatic rings. The summed E-state index contributed by atoms with van der Waals surface area (Å²) in [7, 11) is 0. The fourth-order valence-electron chi connectivity index (χ4n) is 0.646. The number of aromatic amines is 1. The van der Waals surface area contributed by atoms with Crippen LogP contribution in [0.1, 0.15) is 18.4 Å². The third-order valence-electron chi connectivity index (χ3n) is 1.09. The Balaban J connectivity index is 0.000000640. The minimum atomic E-state index is 0. The number of nitrogens with zero attached hydrogens (tertiary/aromatic N) is 1. The summed E-state index contributed by atoms with van der Waals surface area (Å²) in [5.41, 5.74) is 1.07. The molecule has 0 fully saturated rings. The number of hydrogen-bond acceptors (Lipinski definition) is 1. The molecule has 2 nitrogen and oxygen atoms in total. The number of rotatable bonds is 1. The fraction of sp³-hybridized carbons (Fsp3) is 0.500. The van der Waals surface area contributed by atoms with Crippen LogP contribution in [0.2, 0.25) is 0 Å². The van der Waals surface area contributed by atoms with Gasteiger partial charge in [-0.1, -0.05) is 6.92 Å². The third kappa shape index (κ3) is 2.27. The minimum Gasteiger partial charge on any atom is -0.348 e. The van der Waals surface area contributed by atoms with Gasteiger partial charge in [0.2, 0.25) is 0 Å². The Hall–Kier alpha value is -0.167. The molecule has 0 aromatic carbocycles. The van der Waals surface area contributed by atoms with Crippen LogP contribution in [0, 0.1) is 6.92 Å². The molecule has 1 aromatic rings. The van der Waals surface area contributed by atoms with Crippen molar-refractivity contribution in [2.75, 3.05) is 0 Å². The molecule has 0 spiro atoms. The number of nitrogens with one attached hydrogen (secondary N) is 1. The molecule has 1 N–H and O–H groups in total. The average molecular weight is 176 g/mol. The van der Waals surface area contributed by atoms with Crippen LogP contribution < -0.4 is 0 Å². The molecule has 0 saturated carbocycles. The first-order valence-corrected chi connectivity index (χ1v) is 2.84. The van der Waals surface area contributed by atoms with Gasteiger partial charge in [-0.2, -0.15) is 0 Å². The van der Waals surface area contributed by atoms with Gasteiger partial charge in [-0.25, -0.2) is 4.98 Å². The van der Waals surface area contributed by atoms with E-state index >= 15 is 0 Å². The summed E-state index contributed by atoms with van der Waals surface area (Å²) in [6.07, 6.45) is 2.91. The van der Waals surface area contributed by atoms with E-state index in [1.165, 1.54) is 0 Å². The van der Waals surface area contributed by atoms with Crippen molar-refractivity contribution in [3.63, 3.8) is 0 Å². The number of aromatic nitrogens is 2. The van der Waals surface area contributed by atoms with E-state index < -0.39 is 0 Å². The molecule has 0 aliphatic carbocycles. The zero-order chi connectivity index (χ0) is 5.98. The summed E-state index contributed by atoms with van der Waals surface area (Å²) in [5, 5.41) is 0. The summed E-state index contributed by atoms with van der Waals surface area (Å²) in [5.74, 6) is 1.07. The van der Waals surface area contributed by atoms with Crippen molar-refractivity contribution in [1.82, 2.24) is 9.97 Å². The van der Waals surface area contributed by atoms with Crippen molar-refractivity contribution < 1.29 is 19.5 Å². The number of H-pyrrole nitrogens is 1. The van der Waals surface area contributed by atoms with Gasteiger partial charge in [0.15, 0.2) is 0 Å². The van der Waals surface area contributed by atoms with Gasteiger partial charge < -0.3 is 4.98 Å². The molecule has 0 aliphatic heterocycles. The molecular formula is C6H10N2Zn. The van der Waals surface area contributed by atoms with E-state index in [0.717, 1.165) is 17.9 Å². The second-order valence-electron chi connectivity index (χ2n) is 1.84. The van der Waals surface area contributed by atoms with Crippen molar-refractivity contribution in [3.8, 4) is 0 Å². The Morgan fingerprint density at radius 3 is 2.56 bits per heavy atom. The van der Waals surface area contributed by atoms with Gasteiger partial charge in [0.1, 0.15) is 5.82 Å². The molecule has 3 heteroatoms. The minimum absolute atomic E-state index is 0. The van der Waals surface area contributed by atoms with Crippen LogP contribution in [0.3, 0.4) is 0 Å². The van der Waals surface area contributed by atoms with Crippen LogP contribution in [-0.4, -0.2) is 9.97 Å². The smallest absolute Gasteiger partial charge is 0.106 e. The van der Waals surface area contributed by atoms with Crippen LogP contribution in [0.5, 0.6) is 0 Å². The van der Waals surface area contributed by atoms with E-state index in [-0.39, 0.29) is 19.5 Å². The fourth-order valence-corrected chi connectivity index (χ4v) is 0.646. The summed E-state index contributed by atoms with van der Waals surface area (Å²) in [6.45, 7) is 4.06. The van der Waals surface area contributed by atoms with Crippen molar-refractivity contribution in [1.29, 1.82) is 0 Å². The summed E-state index contributed by atoms with van der Waals surface area (Å²) >= 11 is 0. The molecule has 0 radical (unpaired) electrons. The quantitative estimate of drug-likeness (QED) is 0.640. The first-order valence-electron chi connectivity index (χ1n) is 2.84. The SMILES string of the molecule is CCc1nc(C)c[nH]1.[Zn]. The molecule has 0 amide bonds. The summed E-state index contributed by atoms with van der Waals surface area (Å²) < 4.78 is 0. The Morgan fingerprint density at radius 1 is 1.67 bits per heavy atom. The standard InChI is InChI=1S/C6H10N2.Zn/c1-3-6-7-4-5(2)8-6;/h4H,3H2,1-2H3,(H,7,8);. The topological polar surface area (TPSA) is 28.7 Å². The van der Waals surface area contributed by atoms with Crippen LogP contribution >= 0.6 is 0 Å². The third-order valence-corrected chi connectivity index (χ3v) is 1.09. The van der Waals surface area contributed by atoms with Crippen LogP contribution in [0.15, 0.2) is 6.20 Å². The monoisotopic (exact) mass is 174 g/mol. The molecule has 1 heterocycles. The molecule has 0 bridgehead atoms. The molecule has 1 rings (SSSR count). The molecule has 0 unspecified atom stereocenters. The Labute approximate surface area is 67.8 Å². The van der Waals surface area contributed by atoms with E-state index in [1.807, 2.05) is 13.1 Å². The van der Waals surface area contributed by atoms with E-state index in [0.29, 0.717) is 0 Å². The maximum Gasteiger partial charge on any atom is 0.106 e. The van der Waals surface area contributed by atoms with E-state index in [4.69, 9.17) is 0 Å². The van der Waals surface area contributed by atoms with Gasteiger partial charge in [0, 0.05) is 32.1 Å². The maximum absolute atomic E-state index is 4.17. The Kier molecular flexibility index (Phi) is 3.71. The molecule has 1 aromatic heterocycles. The van der Waals surface area contributed by atoms with Crippen LogP contribution in [0.4, 0.5) is 0 Å². The average Bonchev–Trinajstić information content (AvgIpc) is 2.14.